The van der Waals surface area contributed by atoms with Crippen LogP contribution in [-0.4, -0.2) is 31.7 Å². The Bertz CT molecular complexity index is 685. The molecule has 2 rings (SSSR count). The highest BCUT2D eigenvalue weighted by Gasteiger charge is 2.39. The Morgan fingerprint density at radius 2 is 1.70 bits per heavy atom. The van der Waals surface area contributed by atoms with Crippen LogP contribution >= 0.6 is 0 Å². The first-order valence-corrected chi connectivity index (χ1v) is 7.39. The summed E-state index contributed by atoms with van der Waals surface area (Å²) in [5.74, 6) is -0.633. The Morgan fingerprint density at radius 1 is 1.09 bits per heavy atom. The summed E-state index contributed by atoms with van der Waals surface area (Å²) < 4.78 is 10.1. The van der Waals surface area contributed by atoms with E-state index in [1.165, 1.54) is 14.0 Å². The maximum absolute atomic E-state index is 12.3. The number of carbonyl (C=O) groups is 2. The summed E-state index contributed by atoms with van der Waals surface area (Å²) in [7, 11) is 2.93. The van der Waals surface area contributed by atoms with Crippen molar-refractivity contribution in [1.29, 1.82) is 0 Å². The summed E-state index contributed by atoms with van der Waals surface area (Å²) in [6.45, 7) is 5.11. The van der Waals surface area contributed by atoms with E-state index in [4.69, 9.17) is 9.47 Å². The summed E-state index contributed by atoms with van der Waals surface area (Å²) in [5.41, 5.74) is 2.60. The van der Waals surface area contributed by atoms with Crippen LogP contribution in [0.4, 0.5) is 0 Å². The van der Waals surface area contributed by atoms with Crippen LogP contribution in [0.25, 0.3) is 0 Å². The van der Waals surface area contributed by atoms with Gasteiger partial charge in [-0.25, -0.2) is 4.79 Å². The number of allylic oxidation sites excluding steroid dienone is 1. The third-order valence-electron chi connectivity index (χ3n) is 4.15. The summed E-state index contributed by atoms with van der Waals surface area (Å²) in [5, 5.41) is 0. The number of ether oxygens (including phenoxy) is 2. The molecule has 0 aromatic heterocycles. The van der Waals surface area contributed by atoms with Crippen molar-refractivity contribution in [1.82, 2.24) is 0 Å². The van der Waals surface area contributed by atoms with Gasteiger partial charge in [0, 0.05) is 17.3 Å². The van der Waals surface area contributed by atoms with E-state index >= 15 is 0 Å². The first kappa shape index (κ1) is 16.9. The van der Waals surface area contributed by atoms with Gasteiger partial charge >= 0.3 is 5.97 Å². The number of benzene rings is 1. The van der Waals surface area contributed by atoms with Crippen LogP contribution in [0, 0.1) is 5.92 Å². The topological polar surface area (TPSA) is 65.0 Å². The number of nitrogens with zero attached hydrogens (tertiary/aromatic N) is 1. The van der Waals surface area contributed by atoms with Gasteiger partial charge in [-0.1, -0.05) is 12.1 Å². The van der Waals surface area contributed by atoms with Gasteiger partial charge < -0.3 is 9.47 Å². The molecule has 0 spiro atoms. The molecule has 0 aliphatic carbocycles. The van der Waals surface area contributed by atoms with Crippen LogP contribution in [0.2, 0.25) is 0 Å². The fraction of sp³-hybridized carbons (Fsp3) is 0.389. The van der Waals surface area contributed by atoms with E-state index in [-0.39, 0.29) is 5.78 Å². The van der Waals surface area contributed by atoms with E-state index < -0.39 is 17.8 Å². The monoisotopic (exact) mass is 315 g/mol. The van der Waals surface area contributed by atoms with Crippen molar-refractivity contribution in [2.24, 2.45) is 10.9 Å². The molecule has 1 aliphatic heterocycles. The average molecular weight is 315 g/mol. The molecule has 0 fully saturated rings. The van der Waals surface area contributed by atoms with Crippen molar-refractivity contribution in [2.45, 2.75) is 26.7 Å². The highest BCUT2D eigenvalue weighted by molar-refractivity contribution is 6.08. The minimum atomic E-state index is -0.471. The highest BCUT2D eigenvalue weighted by atomic mass is 16.5. The fourth-order valence-electron chi connectivity index (χ4n) is 3.11. The standard InChI is InChI=1S/C18H21NO4/c1-10-15(12(3)20)17(13-6-8-14(22-4)9-7-13)16(11(2)19-10)18(21)23-5/h6-9,15,17H,1-5H3/t15?,17-/m1/s1. The number of Topliss-reactive ketones (excluding diaryl/α,β-unsaturated/α-hetero) is 1. The molecular formula is C18H21NO4. The number of carbonyl (C=O) groups excluding carboxylic acids is 2. The van der Waals surface area contributed by atoms with Crippen LogP contribution in [0.3, 0.4) is 0 Å². The Hall–Kier alpha value is -2.43. The lowest BCUT2D eigenvalue weighted by molar-refractivity contribution is -0.136. The van der Waals surface area contributed by atoms with Crippen molar-refractivity contribution < 1.29 is 19.1 Å². The van der Waals surface area contributed by atoms with E-state index in [1.54, 1.807) is 14.0 Å². The van der Waals surface area contributed by atoms with Crippen molar-refractivity contribution >= 4 is 17.5 Å². The number of aliphatic imine (C=N–C) groups is 1. The van der Waals surface area contributed by atoms with Gasteiger partial charge in [-0.3, -0.25) is 9.79 Å². The fourth-order valence-corrected chi connectivity index (χ4v) is 3.11. The Balaban J connectivity index is 2.61. The molecule has 0 radical (unpaired) electrons. The molecular weight excluding hydrogens is 294 g/mol. The lowest BCUT2D eigenvalue weighted by Crippen LogP contribution is -2.34. The molecule has 1 aromatic carbocycles. The first-order chi connectivity index (χ1) is 10.9. The minimum absolute atomic E-state index is 0.0269. The third-order valence-corrected chi connectivity index (χ3v) is 4.15. The summed E-state index contributed by atoms with van der Waals surface area (Å²) in [6.07, 6.45) is 0. The lowest BCUT2D eigenvalue weighted by atomic mass is 9.74. The molecule has 122 valence electrons. The molecule has 0 N–H and O–H groups in total. The molecule has 1 aliphatic rings. The summed E-state index contributed by atoms with van der Waals surface area (Å²) in [6, 6.07) is 7.37. The van der Waals surface area contributed by atoms with Gasteiger partial charge in [0.1, 0.15) is 11.5 Å². The molecule has 0 saturated heterocycles. The van der Waals surface area contributed by atoms with E-state index in [0.717, 1.165) is 11.3 Å². The molecule has 0 amide bonds. The summed E-state index contributed by atoms with van der Waals surface area (Å²) in [4.78, 5) is 28.9. The molecule has 0 bridgehead atoms. The molecule has 5 heteroatoms. The van der Waals surface area contributed by atoms with Gasteiger partial charge in [0.2, 0.25) is 0 Å². The van der Waals surface area contributed by atoms with Gasteiger partial charge in [-0.05, 0) is 38.5 Å². The molecule has 23 heavy (non-hydrogen) atoms. The maximum Gasteiger partial charge on any atom is 0.336 e. The Kier molecular flexibility index (Phi) is 4.98. The molecule has 1 aromatic rings. The molecule has 1 unspecified atom stereocenters. The molecule has 5 nitrogen and oxygen atoms in total. The van der Waals surface area contributed by atoms with Crippen LogP contribution in [0.15, 0.2) is 40.5 Å². The van der Waals surface area contributed by atoms with Crippen molar-refractivity contribution in [3.8, 4) is 5.75 Å². The van der Waals surface area contributed by atoms with Gasteiger partial charge in [-0.2, -0.15) is 0 Å². The van der Waals surface area contributed by atoms with E-state index in [9.17, 15) is 9.59 Å². The number of ketones is 1. The van der Waals surface area contributed by atoms with Crippen molar-refractivity contribution in [3.05, 3.63) is 41.1 Å². The average Bonchev–Trinajstić information content (AvgIpc) is 2.53. The molecule has 1 heterocycles. The zero-order valence-electron chi connectivity index (χ0n) is 14.0. The number of hydrogen-bond acceptors (Lipinski definition) is 5. The number of methoxy groups -OCH3 is 2. The van der Waals surface area contributed by atoms with Gasteiger partial charge in [0.05, 0.1) is 25.7 Å². The zero-order valence-corrected chi connectivity index (χ0v) is 14.0. The second-order valence-electron chi connectivity index (χ2n) is 5.58. The van der Waals surface area contributed by atoms with Crippen molar-refractivity contribution in [2.75, 3.05) is 14.2 Å². The smallest absolute Gasteiger partial charge is 0.336 e. The van der Waals surface area contributed by atoms with E-state index in [2.05, 4.69) is 4.99 Å². The third kappa shape index (κ3) is 3.18. The minimum Gasteiger partial charge on any atom is -0.497 e. The molecule has 2 atom stereocenters. The number of hydrogen-bond donors (Lipinski definition) is 0. The number of rotatable bonds is 4. The largest absolute Gasteiger partial charge is 0.497 e. The number of esters is 1. The van der Waals surface area contributed by atoms with E-state index in [1.807, 2.05) is 31.2 Å². The highest BCUT2D eigenvalue weighted by Crippen LogP contribution is 2.40. The predicted molar refractivity (Wildman–Crippen MR) is 87.7 cm³/mol. The Morgan fingerprint density at radius 3 is 2.17 bits per heavy atom. The summed E-state index contributed by atoms with van der Waals surface area (Å²) >= 11 is 0. The maximum atomic E-state index is 12.3. The Labute approximate surface area is 136 Å². The normalized spacial score (nSPS) is 20.8. The van der Waals surface area contributed by atoms with Crippen LogP contribution in [0.5, 0.6) is 5.75 Å². The van der Waals surface area contributed by atoms with Crippen molar-refractivity contribution in [3.63, 3.8) is 0 Å². The van der Waals surface area contributed by atoms with Crippen LogP contribution < -0.4 is 4.74 Å². The lowest BCUT2D eigenvalue weighted by Gasteiger charge is -2.31. The van der Waals surface area contributed by atoms with Crippen LogP contribution in [0.1, 0.15) is 32.3 Å². The van der Waals surface area contributed by atoms with Gasteiger partial charge in [0.25, 0.3) is 0 Å². The zero-order chi connectivity index (χ0) is 17.1. The second kappa shape index (κ2) is 6.77. The van der Waals surface area contributed by atoms with Gasteiger partial charge in [-0.15, -0.1) is 0 Å². The quantitative estimate of drug-likeness (QED) is 0.801. The molecule has 0 saturated carbocycles. The first-order valence-electron chi connectivity index (χ1n) is 7.39. The van der Waals surface area contributed by atoms with Crippen LogP contribution in [-0.2, 0) is 14.3 Å². The second-order valence-corrected chi connectivity index (χ2v) is 5.58. The predicted octanol–water partition coefficient (Wildman–Crippen LogP) is 2.91. The van der Waals surface area contributed by atoms with E-state index in [0.29, 0.717) is 17.0 Å². The van der Waals surface area contributed by atoms with Gasteiger partial charge in [0.15, 0.2) is 0 Å². The SMILES string of the molecule is COC(=O)C1=C(C)N=C(C)C(C(C)=O)[C@H]1c1ccc(OC)cc1.